The van der Waals surface area contributed by atoms with Crippen molar-refractivity contribution in [1.82, 2.24) is 0 Å². The van der Waals surface area contributed by atoms with Gasteiger partial charge in [0, 0.05) is 17.8 Å². The molecule has 0 fully saturated rings. The molecule has 1 amide bonds. The van der Waals surface area contributed by atoms with Crippen LogP contribution in [0, 0.1) is 10.1 Å². The first-order chi connectivity index (χ1) is 16.4. The number of anilines is 1. The predicted octanol–water partition coefficient (Wildman–Crippen LogP) is 4.79. The third kappa shape index (κ3) is 4.29. The molecule has 1 unspecified atom stereocenters. The Kier molecular flexibility index (Phi) is 6.22. The largest absolute Gasteiger partial charge is 0.503 e. The number of methoxy groups -OCH3 is 1. The van der Waals surface area contributed by atoms with Crippen LogP contribution < -0.4 is 9.64 Å². The van der Waals surface area contributed by atoms with E-state index < -0.39 is 28.4 Å². The molecular formula is C26H20N2O6. The summed E-state index contributed by atoms with van der Waals surface area (Å²) < 4.78 is 5.17. The van der Waals surface area contributed by atoms with Crippen molar-refractivity contribution in [3.8, 4) is 5.75 Å². The number of aliphatic hydroxyl groups is 1. The molecule has 1 aliphatic rings. The van der Waals surface area contributed by atoms with E-state index >= 15 is 0 Å². The molecule has 170 valence electrons. The van der Waals surface area contributed by atoms with Gasteiger partial charge in [0.2, 0.25) is 0 Å². The molecule has 1 heterocycles. The molecule has 0 spiro atoms. The van der Waals surface area contributed by atoms with E-state index in [1.807, 2.05) is 30.3 Å². The van der Waals surface area contributed by atoms with E-state index in [1.165, 1.54) is 42.4 Å². The fraction of sp³-hybridized carbons (Fsp3) is 0.0769. The number of carbonyl (C=O) groups is 2. The maximum Gasteiger partial charge on any atom is 0.294 e. The summed E-state index contributed by atoms with van der Waals surface area (Å²) in [5.41, 5.74) is 1.40. The maximum absolute atomic E-state index is 13.2. The molecule has 3 aromatic carbocycles. The van der Waals surface area contributed by atoms with E-state index in [0.29, 0.717) is 17.0 Å². The van der Waals surface area contributed by atoms with E-state index in [9.17, 15) is 24.8 Å². The highest BCUT2D eigenvalue weighted by atomic mass is 16.6. The molecule has 8 nitrogen and oxygen atoms in total. The van der Waals surface area contributed by atoms with Crippen molar-refractivity contribution in [2.75, 3.05) is 12.0 Å². The second-order valence-electron chi connectivity index (χ2n) is 7.49. The fourth-order valence-electron chi connectivity index (χ4n) is 3.79. The van der Waals surface area contributed by atoms with Gasteiger partial charge in [-0.2, -0.15) is 0 Å². The van der Waals surface area contributed by atoms with Crippen LogP contribution in [0.25, 0.3) is 6.08 Å². The molecule has 0 saturated carbocycles. The molecule has 3 aromatic rings. The predicted molar refractivity (Wildman–Crippen MR) is 126 cm³/mol. The average Bonchev–Trinajstić information content (AvgIpc) is 3.13. The van der Waals surface area contributed by atoms with Gasteiger partial charge < -0.3 is 9.84 Å². The molecule has 1 aliphatic heterocycles. The van der Waals surface area contributed by atoms with Crippen LogP contribution in [-0.4, -0.2) is 28.8 Å². The summed E-state index contributed by atoms with van der Waals surface area (Å²) in [7, 11) is 1.51. The Hall–Kier alpha value is -4.72. The Bertz CT molecular complexity index is 1300. The third-order valence-corrected chi connectivity index (χ3v) is 5.47. The summed E-state index contributed by atoms with van der Waals surface area (Å²) in [6, 6.07) is 20.3. The van der Waals surface area contributed by atoms with Gasteiger partial charge >= 0.3 is 0 Å². The number of nitrogens with zero attached hydrogens (tertiary/aromatic N) is 2. The number of allylic oxidation sites excluding steroid dienone is 1. The highest BCUT2D eigenvalue weighted by Gasteiger charge is 2.43. The normalized spacial score (nSPS) is 15.7. The first-order valence-corrected chi connectivity index (χ1v) is 10.3. The zero-order chi connectivity index (χ0) is 24.2. The van der Waals surface area contributed by atoms with Crippen LogP contribution in [0.5, 0.6) is 5.75 Å². The van der Waals surface area contributed by atoms with Crippen molar-refractivity contribution < 1.29 is 24.4 Å². The van der Waals surface area contributed by atoms with Gasteiger partial charge in [0.1, 0.15) is 5.75 Å². The second kappa shape index (κ2) is 9.41. The number of nitro benzene ring substituents is 1. The Morgan fingerprint density at radius 1 is 1.03 bits per heavy atom. The summed E-state index contributed by atoms with van der Waals surface area (Å²) in [5, 5.41) is 21.8. The minimum Gasteiger partial charge on any atom is -0.503 e. The quantitative estimate of drug-likeness (QED) is 0.311. The number of ketones is 1. The van der Waals surface area contributed by atoms with E-state index in [4.69, 9.17) is 4.74 Å². The van der Waals surface area contributed by atoms with Crippen LogP contribution in [0.3, 0.4) is 0 Å². The summed E-state index contributed by atoms with van der Waals surface area (Å²) in [6.07, 6.45) is 2.89. The molecule has 0 aliphatic carbocycles. The minimum atomic E-state index is -0.977. The van der Waals surface area contributed by atoms with E-state index in [1.54, 1.807) is 30.3 Å². The lowest BCUT2D eigenvalue weighted by molar-refractivity contribution is -0.384. The maximum atomic E-state index is 13.2. The molecule has 1 N–H and O–H groups in total. The number of carbonyl (C=O) groups excluding carboxylic acids is 2. The van der Waals surface area contributed by atoms with Gasteiger partial charge in [-0.05, 0) is 53.6 Å². The van der Waals surface area contributed by atoms with Gasteiger partial charge in [-0.1, -0.05) is 36.4 Å². The number of non-ortho nitro benzene ring substituents is 1. The van der Waals surface area contributed by atoms with Gasteiger partial charge in [-0.3, -0.25) is 24.6 Å². The number of benzene rings is 3. The molecule has 8 heteroatoms. The number of hydrogen-bond donors (Lipinski definition) is 1. The lowest BCUT2D eigenvalue weighted by Gasteiger charge is -2.26. The Morgan fingerprint density at radius 2 is 1.68 bits per heavy atom. The van der Waals surface area contributed by atoms with Crippen molar-refractivity contribution >= 4 is 29.1 Å². The Labute approximate surface area is 195 Å². The lowest BCUT2D eigenvalue weighted by Crippen LogP contribution is -2.30. The third-order valence-electron chi connectivity index (χ3n) is 5.47. The fourth-order valence-corrected chi connectivity index (χ4v) is 3.79. The Balaban J connectivity index is 1.78. The number of rotatable bonds is 7. The molecule has 4 rings (SSSR count). The van der Waals surface area contributed by atoms with Crippen LogP contribution >= 0.6 is 0 Å². The molecule has 0 bridgehead atoms. The Morgan fingerprint density at radius 3 is 2.26 bits per heavy atom. The molecule has 0 aromatic heterocycles. The number of amides is 1. The van der Waals surface area contributed by atoms with Gasteiger partial charge in [-0.25, -0.2) is 0 Å². The molecule has 34 heavy (non-hydrogen) atoms. The summed E-state index contributed by atoms with van der Waals surface area (Å²) in [5.74, 6) is -1.39. The van der Waals surface area contributed by atoms with E-state index in [0.717, 1.165) is 5.56 Å². The van der Waals surface area contributed by atoms with Gasteiger partial charge in [0.25, 0.3) is 11.6 Å². The highest BCUT2D eigenvalue weighted by Crippen LogP contribution is 2.41. The first-order valence-electron chi connectivity index (χ1n) is 10.3. The first kappa shape index (κ1) is 22.5. The van der Waals surface area contributed by atoms with Crippen molar-refractivity contribution in [3.63, 3.8) is 0 Å². The van der Waals surface area contributed by atoms with Crippen LogP contribution in [0.4, 0.5) is 11.4 Å². The number of hydrogen-bond acceptors (Lipinski definition) is 6. The summed E-state index contributed by atoms with van der Waals surface area (Å²) in [4.78, 5) is 38.2. The van der Waals surface area contributed by atoms with Crippen LogP contribution in [0.2, 0.25) is 0 Å². The highest BCUT2D eigenvalue weighted by molar-refractivity contribution is 6.19. The lowest BCUT2D eigenvalue weighted by atomic mass is 9.95. The summed E-state index contributed by atoms with van der Waals surface area (Å²) in [6.45, 7) is 0. The van der Waals surface area contributed by atoms with Crippen molar-refractivity contribution in [2.45, 2.75) is 6.04 Å². The topological polar surface area (TPSA) is 110 Å². The minimum absolute atomic E-state index is 0.109. The summed E-state index contributed by atoms with van der Waals surface area (Å²) >= 11 is 0. The molecule has 0 saturated heterocycles. The number of ether oxygens (including phenoxy) is 1. The van der Waals surface area contributed by atoms with Crippen molar-refractivity contribution in [1.29, 1.82) is 0 Å². The van der Waals surface area contributed by atoms with Crippen LogP contribution in [0.1, 0.15) is 17.2 Å². The van der Waals surface area contributed by atoms with Crippen LogP contribution in [0.15, 0.2) is 96.3 Å². The zero-order valence-electron chi connectivity index (χ0n) is 18.1. The van der Waals surface area contributed by atoms with Gasteiger partial charge in [0.15, 0.2) is 11.5 Å². The SMILES string of the molecule is COc1ccc(N2C(=O)C(O)=C(C(=O)C=Cc3ccccc3)C2c2ccc([N+](=O)[O-])cc2)cc1. The average molecular weight is 456 g/mol. The van der Waals surface area contributed by atoms with Gasteiger partial charge in [0.05, 0.1) is 23.6 Å². The molecule has 0 radical (unpaired) electrons. The monoisotopic (exact) mass is 456 g/mol. The van der Waals surface area contributed by atoms with Gasteiger partial charge in [-0.15, -0.1) is 0 Å². The zero-order valence-corrected chi connectivity index (χ0v) is 18.1. The number of aliphatic hydroxyl groups excluding tert-OH is 1. The van der Waals surface area contributed by atoms with Crippen LogP contribution in [-0.2, 0) is 9.59 Å². The van der Waals surface area contributed by atoms with Crippen molar-refractivity contribution in [2.24, 2.45) is 0 Å². The number of nitro groups is 1. The standard InChI is InChI=1S/C26H20N2O6/c1-34-21-14-12-19(13-15-21)27-24(18-8-10-20(11-9-18)28(32)33)23(25(30)26(27)31)22(29)16-7-17-5-3-2-4-6-17/h2-16,24,30H,1H3. The van der Waals surface area contributed by atoms with E-state index in [-0.39, 0.29) is 11.3 Å². The van der Waals surface area contributed by atoms with E-state index in [2.05, 4.69) is 0 Å². The molecular weight excluding hydrogens is 436 g/mol. The smallest absolute Gasteiger partial charge is 0.294 e. The molecule has 1 atom stereocenters. The van der Waals surface area contributed by atoms with Crippen molar-refractivity contribution in [3.05, 3.63) is 118 Å². The second-order valence-corrected chi connectivity index (χ2v) is 7.49.